The number of carbonyl (C=O) groups is 1. The molecule has 0 aromatic carbocycles. The zero-order valence-corrected chi connectivity index (χ0v) is 11.1. The van der Waals surface area contributed by atoms with Crippen molar-refractivity contribution < 1.29 is 4.79 Å². The molecule has 1 aromatic heterocycles. The summed E-state index contributed by atoms with van der Waals surface area (Å²) >= 11 is 0. The normalized spacial score (nSPS) is 17.9. The molecule has 6 heteroatoms. The first-order valence-electron chi connectivity index (χ1n) is 6.64. The topological polar surface area (TPSA) is 73.9 Å². The summed E-state index contributed by atoms with van der Waals surface area (Å²) in [6.45, 7) is 7.03. The lowest BCUT2D eigenvalue weighted by Gasteiger charge is -2.23. The van der Waals surface area contributed by atoms with Gasteiger partial charge < -0.3 is 5.32 Å². The number of hydrogen-bond acceptors (Lipinski definition) is 4. The van der Waals surface area contributed by atoms with E-state index in [-0.39, 0.29) is 11.7 Å². The number of hydrogen-bond donors (Lipinski definition) is 2. The number of amides is 1. The lowest BCUT2D eigenvalue weighted by atomic mass is 10.3. The van der Waals surface area contributed by atoms with Gasteiger partial charge in [0.25, 0.3) is 5.91 Å². The van der Waals surface area contributed by atoms with Gasteiger partial charge in [0.15, 0.2) is 0 Å². The second-order valence-corrected chi connectivity index (χ2v) is 4.76. The molecular weight excluding hydrogens is 230 g/mol. The van der Waals surface area contributed by atoms with Gasteiger partial charge in [0.05, 0.1) is 0 Å². The Morgan fingerprint density at radius 1 is 1.50 bits per heavy atom. The molecule has 1 amide bonds. The standard InChI is InChI=1S/C12H21N5O/c1-3-10-14-11(16-15-10)12(18)13-8-9(2)17-6-4-5-7-17/h9H,3-8H2,1-2H3,(H,13,18)(H,14,15,16). The van der Waals surface area contributed by atoms with E-state index in [1.807, 2.05) is 6.92 Å². The number of likely N-dealkylation sites (tertiary alicyclic amines) is 1. The Hall–Kier alpha value is -1.43. The van der Waals surface area contributed by atoms with Crippen LogP contribution in [0.15, 0.2) is 0 Å². The molecule has 0 saturated carbocycles. The summed E-state index contributed by atoms with van der Waals surface area (Å²) in [6.07, 6.45) is 3.28. The van der Waals surface area contributed by atoms with Crippen molar-refractivity contribution in [2.75, 3.05) is 19.6 Å². The molecule has 2 heterocycles. The highest BCUT2D eigenvalue weighted by Crippen LogP contribution is 2.10. The summed E-state index contributed by atoms with van der Waals surface area (Å²) in [5, 5.41) is 9.53. The van der Waals surface area contributed by atoms with Crippen LogP contribution in [0, 0.1) is 0 Å². The molecule has 0 radical (unpaired) electrons. The van der Waals surface area contributed by atoms with Crippen LogP contribution in [-0.4, -0.2) is 51.7 Å². The van der Waals surface area contributed by atoms with Gasteiger partial charge in [-0.2, -0.15) is 0 Å². The summed E-state index contributed by atoms with van der Waals surface area (Å²) in [5.74, 6) is 0.783. The zero-order valence-electron chi connectivity index (χ0n) is 11.1. The number of nitrogens with one attached hydrogen (secondary N) is 2. The van der Waals surface area contributed by atoms with Crippen molar-refractivity contribution in [3.8, 4) is 0 Å². The number of aromatic amines is 1. The molecule has 2 N–H and O–H groups in total. The van der Waals surface area contributed by atoms with E-state index in [9.17, 15) is 4.79 Å². The van der Waals surface area contributed by atoms with E-state index in [2.05, 4.69) is 32.3 Å². The maximum absolute atomic E-state index is 11.8. The van der Waals surface area contributed by atoms with Crippen LogP contribution in [-0.2, 0) is 6.42 Å². The Bertz CT molecular complexity index is 397. The molecular formula is C12H21N5O. The Kier molecular flexibility index (Phi) is 4.30. The molecule has 6 nitrogen and oxygen atoms in total. The Balaban J connectivity index is 1.80. The maximum Gasteiger partial charge on any atom is 0.291 e. The van der Waals surface area contributed by atoms with E-state index in [4.69, 9.17) is 0 Å². The van der Waals surface area contributed by atoms with Crippen molar-refractivity contribution in [3.05, 3.63) is 11.6 Å². The number of aryl methyl sites for hydroxylation is 1. The first-order chi connectivity index (χ1) is 8.70. The van der Waals surface area contributed by atoms with Gasteiger partial charge in [0.2, 0.25) is 5.82 Å². The average molecular weight is 251 g/mol. The van der Waals surface area contributed by atoms with E-state index < -0.39 is 0 Å². The smallest absolute Gasteiger partial charge is 0.291 e. The predicted octanol–water partition coefficient (Wildman–Crippen LogP) is 0.581. The highest BCUT2D eigenvalue weighted by atomic mass is 16.2. The Labute approximate surface area is 107 Å². The van der Waals surface area contributed by atoms with E-state index in [0.717, 1.165) is 25.3 Å². The van der Waals surface area contributed by atoms with Crippen LogP contribution in [0.25, 0.3) is 0 Å². The molecule has 1 aliphatic rings. The van der Waals surface area contributed by atoms with Gasteiger partial charge in [-0.3, -0.25) is 14.8 Å². The van der Waals surface area contributed by atoms with Gasteiger partial charge >= 0.3 is 0 Å². The van der Waals surface area contributed by atoms with E-state index >= 15 is 0 Å². The molecule has 1 unspecified atom stereocenters. The van der Waals surface area contributed by atoms with E-state index in [0.29, 0.717) is 12.6 Å². The summed E-state index contributed by atoms with van der Waals surface area (Å²) in [7, 11) is 0. The summed E-state index contributed by atoms with van der Waals surface area (Å²) in [4.78, 5) is 18.3. The SMILES string of the molecule is CCc1nc(C(=O)NCC(C)N2CCCC2)n[nH]1. The van der Waals surface area contributed by atoms with Crippen molar-refractivity contribution in [1.82, 2.24) is 25.4 Å². The van der Waals surface area contributed by atoms with Crippen molar-refractivity contribution in [3.63, 3.8) is 0 Å². The first kappa shape index (κ1) is 13.0. The van der Waals surface area contributed by atoms with Gasteiger partial charge in [0.1, 0.15) is 5.82 Å². The molecule has 2 rings (SSSR count). The van der Waals surface area contributed by atoms with Gasteiger partial charge in [0, 0.05) is 19.0 Å². The minimum absolute atomic E-state index is 0.197. The highest BCUT2D eigenvalue weighted by molar-refractivity contribution is 5.90. The van der Waals surface area contributed by atoms with Gasteiger partial charge in [-0.15, -0.1) is 5.10 Å². The fourth-order valence-corrected chi connectivity index (χ4v) is 2.19. The summed E-state index contributed by atoms with van der Waals surface area (Å²) in [5.41, 5.74) is 0. The number of nitrogens with zero attached hydrogens (tertiary/aromatic N) is 3. The van der Waals surface area contributed by atoms with Crippen LogP contribution in [0.3, 0.4) is 0 Å². The number of aromatic nitrogens is 3. The van der Waals surface area contributed by atoms with Gasteiger partial charge in [-0.05, 0) is 32.9 Å². The maximum atomic E-state index is 11.8. The largest absolute Gasteiger partial charge is 0.348 e. The number of H-pyrrole nitrogens is 1. The first-order valence-corrected chi connectivity index (χ1v) is 6.64. The molecule has 0 spiro atoms. The van der Waals surface area contributed by atoms with Crippen molar-refractivity contribution >= 4 is 5.91 Å². The van der Waals surface area contributed by atoms with Gasteiger partial charge in [-0.25, -0.2) is 4.98 Å². The Morgan fingerprint density at radius 3 is 2.83 bits per heavy atom. The second kappa shape index (κ2) is 5.95. The Morgan fingerprint density at radius 2 is 2.22 bits per heavy atom. The van der Waals surface area contributed by atoms with Crippen LogP contribution >= 0.6 is 0 Å². The lowest BCUT2D eigenvalue weighted by Crippen LogP contribution is -2.40. The van der Waals surface area contributed by atoms with Crippen molar-refractivity contribution in [2.24, 2.45) is 0 Å². The molecule has 1 aromatic rings. The molecule has 0 bridgehead atoms. The molecule has 1 aliphatic heterocycles. The van der Waals surface area contributed by atoms with E-state index in [1.165, 1.54) is 12.8 Å². The third-order valence-corrected chi connectivity index (χ3v) is 3.39. The average Bonchev–Trinajstić information content (AvgIpc) is 3.05. The molecule has 1 saturated heterocycles. The molecule has 0 aliphatic carbocycles. The fourth-order valence-electron chi connectivity index (χ4n) is 2.19. The monoisotopic (exact) mass is 251 g/mol. The minimum atomic E-state index is -0.197. The zero-order chi connectivity index (χ0) is 13.0. The third-order valence-electron chi connectivity index (χ3n) is 3.39. The van der Waals surface area contributed by atoms with Crippen molar-refractivity contribution in [2.45, 2.75) is 39.2 Å². The van der Waals surface area contributed by atoms with Gasteiger partial charge in [-0.1, -0.05) is 6.92 Å². The van der Waals surface area contributed by atoms with Crippen LogP contribution in [0.5, 0.6) is 0 Å². The second-order valence-electron chi connectivity index (χ2n) is 4.76. The number of rotatable bonds is 5. The highest BCUT2D eigenvalue weighted by Gasteiger charge is 2.19. The van der Waals surface area contributed by atoms with Crippen LogP contribution in [0.1, 0.15) is 43.1 Å². The molecule has 18 heavy (non-hydrogen) atoms. The van der Waals surface area contributed by atoms with Crippen LogP contribution < -0.4 is 5.32 Å². The molecule has 1 atom stereocenters. The van der Waals surface area contributed by atoms with Crippen molar-refractivity contribution in [1.29, 1.82) is 0 Å². The molecule has 1 fully saturated rings. The third kappa shape index (κ3) is 3.07. The minimum Gasteiger partial charge on any atom is -0.348 e. The fraction of sp³-hybridized carbons (Fsp3) is 0.750. The summed E-state index contributed by atoms with van der Waals surface area (Å²) < 4.78 is 0. The summed E-state index contributed by atoms with van der Waals surface area (Å²) in [6, 6.07) is 0.376. The lowest BCUT2D eigenvalue weighted by molar-refractivity contribution is 0.0930. The van der Waals surface area contributed by atoms with Crippen LogP contribution in [0.4, 0.5) is 0 Å². The molecule has 100 valence electrons. The quantitative estimate of drug-likeness (QED) is 0.803. The number of carbonyl (C=O) groups excluding carboxylic acids is 1. The van der Waals surface area contributed by atoms with Crippen LogP contribution in [0.2, 0.25) is 0 Å². The predicted molar refractivity (Wildman–Crippen MR) is 68.4 cm³/mol. The van der Waals surface area contributed by atoms with E-state index in [1.54, 1.807) is 0 Å².